The average Bonchev–Trinajstić information content (AvgIpc) is 2.75. The monoisotopic (exact) mass is 300 g/mol. The second kappa shape index (κ2) is 4.91. The molecule has 1 spiro atoms. The second-order valence-electron chi connectivity index (χ2n) is 5.43. The fraction of sp³-hybridized carbons (Fsp3) is 0.500. The predicted octanol–water partition coefficient (Wildman–Crippen LogP) is 2.78. The number of para-hydroxylation sites is 1. The highest BCUT2D eigenvalue weighted by Crippen LogP contribution is 2.40. The van der Waals surface area contributed by atoms with Crippen LogP contribution in [0.2, 0.25) is 0 Å². The maximum absolute atomic E-state index is 13.1. The Bertz CT molecular complexity index is 553. The van der Waals surface area contributed by atoms with Crippen LogP contribution in [0.15, 0.2) is 24.3 Å². The van der Waals surface area contributed by atoms with Gasteiger partial charge in [-0.25, -0.2) is 4.79 Å². The zero-order valence-corrected chi connectivity index (χ0v) is 11.2. The number of hydrogen-bond acceptors (Lipinski definition) is 3. The molecular weight excluding hydrogens is 285 g/mol. The van der Waals surface area contributed by atoms with Gasteiger partial charge in [0.2, 0.25) is 0 Å². The van der Waals surface area contributed by atoms with Gasteiger partial charge in [-0.1, -0.05) is 12.1 Å². The van der Waals surface area contributed by atoms with E-state index in [4.69, 9.17) is 4.74 Å². The van der Waals surface area contributed by atoms with Crippen molar-refractivity contribution in [2.75, 3.05) is 24.5 Å². The van der Waals surface area contributed by atoms with Crippen molar-refractivity contribution in [3.05, 3.63) is 29.8 Å². The number of ether oxygens (including phenoxy) is 1. The van der Waals surface area contributed by atoms with Crippen molar-refractivity contribution in [1.82, 2.24) is 5.32 Å². The van der Waals surface area contributed by atoms with Crippen LogP contribution in [-0.4, -0.2) is 31.3 Å². The first-order chi connectivity index (χ1) is 9.91. The minimum atomic E-state index is -4.50. The molecule has 0 radical (unpaired) electrons. The van der Waals surface area contributed by atoms with Crippen LogP contribution < -0.4 is 10.2 Å². The van der Waals surface area contributed by atoms with E-state index in [1.54, 1.807) is 0 Å². The van der Waals surface area contributed by atoms with Gasteiger partial charge in [-0.2, -0.15) is 13.2 Å². The number of benzene rings is 1. The molecule has 0 aromatic heterocycles. The topological polar surface area (TPSA) is 41.6 Å². The van der Waals surface area contributed by atoms with Crippen LogP contribution in [0.3, 0.4) is 0 Å². The lowest BCUT2D eigenvalue weighted by atomic mass is 9.94. The van der Waals surface area contributed by atoms with Crippen LogP contribution in [0.1, 0.15) is 18.4 Å². The number of carbonyl (C=O) groups is 1. The quantitative estimate of drug-likeness (QED) is 0.867. The molecule has 2 aliphatic rings. The molecule has 0 aliphatic carbocycles. The van der Waals surface area contributed by atoms with Gasteiger partial charge in [-0.05, 0) is 31.5 Å². The summed E-state index contributed by atoms with van der Waals surface area (Å²) in [7, 11) is 0. The second-order valence-corrected chi connectivity index (χ2v) is 5.43. The number of piperidine rings is 1. The van der Waals surface area contributed by atoms with E-state index < -0.39 is 23.4 Å². The van der Waals surface area contributed by atoms with Gasteiger partial charge in [-0.3, -0.25) is 4.90 Å². The molecule has 114 valence electrons. The highest BCUT2D eigenvalue weighted by atomic mass is 19.4. The first-order valence-corrected chi connectivity index (χ1v) is 6.79. The highest BCUT2D eigenvalue weighted by Gasteiger charge is 2.48. The number of nitrogens with zero attached hydrogens (tertiary/aromatic N) is 1. The number of carbonyl (C=O) groups excluding carboxylic acids is 1. The fourth-order valence-corrected chi connectivity index (χ4v) is 2.92. The Hall–Kier alpha value is -1.76. The van der Waals surface area contributed by atoms with Gasteiger partial charge < -0.3 is 10.1 Å². The van der Waals surface area contributed by atoms with Crippen molar-refractivity contribution in [3.8, 4) is 0 Å². The van der Waals surface area contributed by atoms with Gasteiger partial charge in [0, 0.05) is 6.54 Å². The summed E-state index contributed by atoms with van der Waals surface area (Å²) in [6, 6.07) is 5.08. The number of anilines is 1. The molecule has 1 N–H and O–H groups in total. The molecule has 21 heavy (non-hydrogen) atoms. The van der Waals surface area contributed by atoms with E-state index in [9.17, 15) is 18.0 Å². The normalized spacial score (nSPS) is 26.2. The van der Waals surface area contributed by atoms with Gasteiger partial charge in [-0.15, -0.1) is 0 Å². The van der Waals surface area contributed by atoms with E-state index in [-0.39, 0.29) is 12.2 Å². The summed E-state index contributed by atoms with van der Waals surface area (Å²) in [6.07, 6.45) is -3.72. The summed E-state index contributed by atoms with van der Waals surface area (Å²) in [5.41, 5.74) is -1.67. The van der Waals surface area contributed by atoms with Crippen molar-refractivity contribution >= 4 is 11.8 Å². The first kappa shape index (κ1) is 14.2. The molecule has 1 atom stereocenters. The Morgan fingerprint density at radius 1 is 1.29 bits per heavy atom. The van der Waals surface area contributed by atoms with Crippen molar-refractivity contribution in [1.29, 1.82) is 0 Å². The number of hydrogen-bond donors (Lipinski definition) is 1. The van der Waals surface area contributed by atoms with Crippen molar-refractivity contribution in [2.24, 2.45) is 0 Å². The number of alkyl halides is 3. The summed E-state index contributed by atoms with van der Waals surface area (Å²) in [5.74, 6) is 0. The Morgan fingerprint density at radius 3 is 2.71 bits per heavy atom. The number of rotatable bonds is 1. The lowest BCUT2D eigenvalue weighted by molar-refractivity contribution is -0.137. The third-order valence-corrected chi connectivity index (χ3v) is 3.90. The molecule has 2 aliphatic heterocycles. The van der Waals surface area contributed by atoms with Crippen LogP contribution in [0.4, 0.5) is 23.7 Å². The van der Waals surface area contributed by atoms with Gasteiger partial charge in [0.05, 0.1) is 17.8 Å². The van der Waals surface area contributed by atoms with Gasteiger partial charge in [0.1, 0.15) is 5.60 Å². The van der Waals surface area contributed by atoms with Gasteiger partial charge in [0.15, 0.2) is 0 Å². The molecule has 2 saturated heterocycles. The Kier molecular flexibility index (Phi) is 3.32. The fourth-order valence-electron chi connectivity index (χ4n) is 2.92. The van der Waals surface area contributed by atoms with E-state index in [1.807, 2.05) is 0 Å². The first-order valence-electron chi connectivity index (χ1n) is 6.79. The molecule has 1 aromatic carbocycles. The van der Waals surface area contributed by atoms with E-state index in [2.05, 4.69) is 5.32 Å². The molecule has 1 aromatic rings. The molecule has 3 rings (SSSR count). The Labute approximate surface area is 119 Å². The van der Waals surface area contributed by atoms with Crippen LogP contribution in [0, 0.1) is 0 Å². The largest absolute Gasteiger partial charge is 0.439 e. The SMILES string of the molecule is O=C1OC2(CCCNC2)CN1c1ccccc1C(F)(F)F. The lowest BCUT2D eigenvalue weighted by Gasteiger charge is -2.31. The molecular formula is C14H15F3N2O2. The minimum absolute atomic E-state index is 0.141. The van der Waals surface area contributed by atoms with E-state index in [0.717, 1.165) is 23.9 Å². The zero-order chi connectivity index (χ0) is 15.1. The zero-order valence-electron chi connectivity index (χ0n) is 11.2. The molecule has 1 unspecified atom stereocenters. The molecule has 0 saturated carbocycles. The van der Waals surface area contributed by atoms with Crippen LogP contribution >= 0.6 is 0 Å². The number of amides is 1. The van der Waals surface area contributed by atoms with Crippen molar-refractivity contribution in [3.63, 3.8) is 0 Å². The molecule has 2 fully saturated rings. The smallest absolute Gasteiger partial charge is 0.418 e. The van der Waals surface area contributed by atoms with Crippen LogP contribution in [0.5, 0.6) is 0 Å². The highest BCUT2D eigenvalue weighted by molar-refractivity contribution is 5.91. The van der Waals surface area contributed by atoms with Gasteiger partial charge >= 0.3 is 12.3 Å². The summed E-state index contributed by atoms with van der Waals surface area (Å²) in [6.45, 7) is 1.45. The van der Waals surface area contributed by atoms with E-state index in [0.29, 0.717) is 13.0 Å². The summed E-state index contributed by atoms with van der Waals surface area (Å²) >= 11 is 0. The van der Waals surface area contributed by atoms with E-state index in [1.165, 1.54) is 18.2 Å². The van der Waals surface area contributed by atoms with Crippen molar-refractivity contribution in [2.45, 2.75) is 24.6 Å². The third-order valence-electron chi connectivity index (χ3n) is 3.90. The van der Waals surface area contributed by atoms with Crippen LogP contribution in [-0.2, 0) is 10.9 Å². The minimum Gasteiger partial charge on any atom is -0.439 e. The van der Waals surface area contributed by atoms with Crippen LogP contribution in [0.25, 0.3) is 0 Å². The molecule has 7 heteroatoms. The molecule has 2 heterocycles. The number of nitrogens with one attached hydrogen (secondary N) is 1. The van der Waals surface area contributed by atoms with Gasteiger partial charge in [0.25, 0.3) is 0 Å². The van der Waals surface area contributed by atoms with E-state index >= 15 is 0 Å². The standard InChI is InChI=1S/C14H15F3N2O2/c15-14(16,17)10-4-1-2-5-11(10)19-9-13(21-12(19)20)6-3-7-18-8-13/h1-2,4-5,18H,3,6-9H2. The molecule has 4 nitrogen and oxygen atoms in total. The maximum atomic E-state index is 13.1. The summed E-state index contributed by atoms with van der Waals surface area (Å²) < 4.78 is 44.6. The van der Waals surface area contributed by atoms with Crippen molar-refractivity contribution < 1.29 is 22.7 Å². The molecule has 1 amide bonds. The number of halogens is 3. The average molecular weight is 300 g/mol. The summed E-state index contributed by atoms with van der Waals surface area (Å²) in [5, 5.41) is 3.13. The Morgan fingerprint density at radius 2 is 2.05 bits per heavy atom. The lowest BCUT2D eigenvalue weighted by Crippen LogP contribution is -2.48. The summed E-state index contributed by atoms with van der Waals surface area (Å²) in [4.78, 5) is 13.1. The molecule has 0 bridgehead atoms. The third kappa shape index (κ3) is 2.57. The maximum Gasteiger partial charge on any atom is 0.418 e. The Balaban J connectivity index is 1.93. The predicted molar refractivity (Wildman–Crippen MR) is 70.1 cm³/mol.